The van der Waals surface area contributed by atoms with Gasteiger partial charge in [0.25, 0.3) is 0 Å². The van der Waals surface area contributed by atoms with E-state index in [1.165, 1.54) is 0 Å². The molecule has 0 aliphatic heterocycles. The summed E-state index contributed by atoms with van der Waals surface area (Å²) in [6.45, 7) is 2.04. The zero-order valence-electron chi connectivity index (χ0n) is 4.46. The summed E-state index contributed by atoms with van der Waals surface area (Å²) >= 11 is 0. The predicted octanol–water partition coefficient (Wildman–Crippen LogP) is 2.02. The first-order chi connectivity index (χ1) is 3.41. The second-order valence-electron chi connectivity index (χ2n) is 1.18. The molecule has 0 unspecified atom stereocenters. The number of hydrogen-bond donors (Lipinski definition) is 1. The second-order valence-corrected chi connectivity index (χ2v) is 1.18. The van der Waals surface area contributed by atoms with Crippen LogP contribution in [0.2, 0.25) is 0 Å². The summed E-state index contributed by atoms with van der Waals surface area (Å²) in [5.41, 5.74) is 0. The molecule has 0 bridgehead atoms. The summed E-state index contributed by atoms with van der Waals surface area (Å²) in [6.07, 6.45) is 7.40. The third-order valence-corrected chi connectivity index (χ3v) is 0.569. The third-order valence-electron chi connectivity index (χ3n) is 0.569. The van der Waals surface area contributed by atoms with Crippen LogP contribution in [-0.2, 0) is 0 Å². The van der Waals surface area contributed by atoms with Crippen LogP contribution in [0.4, 0.5) is 0 Å². The smallest absolute Gasteiger partial charge is 0.0791 e. The van der Waals surface area contributed by atoms with Gasteiger partial charge in [0, 0.05) is 0 Å². The molecule has 40 valence electrons. The van der Waals surface area contributed by atoms with Crippen molar-refractivity contribution in [2.75, 3.05) is 0 Å². The van der Waals surface area contributed by atoms with Crippen LogP contribution in [0, 0.1) is 0 Å². The normalized spacial score (nSPS) is 11.6. The van der Waals surface area contributed by atoms with Gasteiger partial charge in [-0.3, -0.25) is 0 Å². The van der Waals surface area contributed by atoms with Gasteiger partial charge in [-0.2, -0.15) is 0 Å². The molecule has 0 aromatic heterocycles. The van der Waals surface area contributed by atoms with Crippen LogP contribution in [0.3, 0.4) is 0 Å². The van der Waals surface area contributed by atoms with Crippen molar-refractivity contribution in [3.8, 4) is 0 Å². The summed E-state index contributed by atoms with van der Waals surface area (Å²) in [6, 6.07) is 0. The maximum atomic E-state index is 8.06. The highest BCUT2D eigenvalue weighted by molar-refractivity contribution is 4.98. The molecule has 0 aromatic rings. The van der Waals surface area contributed by atoms with Gasteiger partial charge < -0.3 is 5.11 Å². The molecular weight excluding hydrogens is 88.1 g/mol. The van der Waals surface area contributed by atoms with Crippen LogP contribution in [0.15, 0.2) is 24.5 Å². The lowest BCUT2D eigenvalue weighted by molar-refractivity contribution is 0.473. The van der Waals surface area contributed by atoms with Crippen LogP contribution in [0.1, 0.15) is 13.3 Å². The molecule has 1 N–H and O–H groups in total. The molecule has 0 fully saturated rings. The SMILES string of the molecule is CCC=C/C=C/O. The number of rotatable bonds is 2. The minimum atomic E-state index is 1.02. The van der Waals surface area contributed by atoms with Crippen LogP contribution in [0.5, 0.6) is 0 Å². The van der Waals surface area contributed by atoms with E-state index in [-0.39, 0.29) is 0 Å². The Morgan fingerprint density at radius 2 is 2.14 bits per heavy atom. The quantitative estimate of drug-likeness (QED) is 0.414. The lowest BCUT2D eigenvalue weighted by Crippen LogP contribution is -1.50. The van der Waals surface area contributed by atoms with Crippen molar-refractivity contribution in [2.45, 2.75) is 13.3 Å². The van der Waals surface area contributed by atoms with Crippen LogP contribution in [0.25, 0.3) is 0 Å². The number of hydrogen-bond acceptors (Lipinski definition) is 1. The molecule has 1 nitrogen and oxygen atoms in total. The molecule has 0 saturated heterocycles. The van der Waals surface area contributed by atoms with E-state index >= 15 is 0 Å². The van der Waals surface area contributed by atoms with Gasteiger partial charge in [-0.15, -0.1) is 0 Å². The average molecular weight is 98.1 g/mol. The standard InChI is InChI=1S/C6H10O/c1-2-3-4-5-6-7/h3-7H,2H2,1H3/b4-3?,6-5+. The molecular formula is C6H10O. The van der Waals surface area contributed by atoms with Crippen LogP contribution in [-0.4, -0.2) is 5.11 Å². The largest absolute Gasteiger partial charge is 0.516 e. The molecule has 0 aromatic carbocycles. The van der Waals surface area contributed by atoms with Crippen molar-refractivity contribution in [3.63, 3.8) is 0 Å². The van der Waals surface area contributed by atoms with Gasteiger partial charge in [0.05, 0.1) is 6.26 Å². The fourth-order valence-corrected chi connectivity index (χ4v) is 0.264. The minimum absolute atomic E-state index is 1.02. The van der Waals surface area contributed by atoms with Crippen molar-refractivity contribution < 1.29 is 5.11 Å². The highest BCUT2D eigenvalue weighted by Crippen LogP contribution is 1.78. The topological polar surface area (TPSA) is 20.2 Å². The van der Waals surface area contributed by atoms with E-state index in [9.17, 15) is 0 Å². The molecule has 0 amide bonds. The number of aliphatic hydroxyl groups is 1. The maximum absolute atomic E-state index is 8.06. The van der Waals surface area contributed by atoms with E-state index in [2.05, 4.69) is 0 Å². The number of allylic oxidation sites excluding steroid dienone is 3. The summed E-state index contributed by atoms with van der Waals surface area (Å²) in [5.74, 6) is 0. The Balaban J connectivity index is 3.09. The number of aliphatic hydroxyl groups excluding tert-OH is 1. The maximum Gasteiger partial charge on any atom is 0.0791 e. The van der Waals surface area contributed by atoms with Crippen molar-refractivity contribution >= 4 is 0 Å². The molecule has 0 aliphatic carbocycles. The van der Waals surface area contributed by atoms with Gasteiger partial charge >= 0.3 is 0 Å². The minimum Gasteiger partial charge on any atom is -0.516 e. The van der Waals surface area contributed by atoms with Crippen molar-refractivity contribution in [1.82, 2.24) is 0 Å². The van der Waals surface area contributed by atoms with E-state index < -0.39 is 0 Å². The third kappa shape index (κ3) is 5.28. The Labute approximate surface area is 44.0 Å². The monoisotopic (exact) mass is 98.1 g/mol. The van der Waals surface area contributed by atoms with Crippen molar-refractivity contribution in [3.05, 3.63) is 24.5 Å². The summed E-state index contributed by atoms with van der Waals surface area (Å²) in [7, 11) is 0. The molecule has 0 rings (SSSR count). The zero-order chi connectivity index (χ0) is 5.54. The van der Waals surface area contributed by atoms with Crippen molar-refractivity contribution in [2.24, 2.45) is 0 Å². The Bertz CT molecular complexity index is 72.2. The molecule has 0 heterocycles. The highest BCUT2D eigenvalue weighted by atomic mass is 16.2. The van der Waals surface area contributed by atoms with Gasteiger partial charge in [-0.05, 0) is 12.5 Å². The molecule has 0 radical (unpaired) electrons. The molecule has 0 aliphatic rings. The van der Waals surface area contributed by atoms with Crippen LogP contribution < -0.4 is 0 Å². The zero-order valence-corrected chi connectivity index (χ0v) is 4.46. The Morgan fingerprint density at radius 3 is 2.57 bits per heavy atom. The first-order valence-electron chi connectivity index (χ1n) is 2.37. The van der Waals surface area contributed by atoms with Crippen molar-refractivity contribution in [1.29, 1.82) is 0 Å². The van der Waals surface area contributed by atoms with Crippen LogP contribution >= 0.6 is 0 Å². The summed E-state index contributed by atoms with van der Waals surface area (Å²) in [4.78, 5) is 0. The fourth-order valence-electron chi connectivity index (χ4n) is 0.264. The molecule has 0 saturated carbocycles. The van der Waals surface area contributed by atoms with Gasteiger partial charge in [0.2, 0.25) is 0 Å². The Hall–Kier alpha value is -0.720. The van der Waals surface area contributed by atoms with E-state index in [1.807, 2.05) is 13.0 Å². The molecule has 0 atom stereocenters. The van der Waals surface area contributed by atoms with Gasteiger partial charge in [-0.1, -0.05) is 19.1 Å². The van der Waals surface area contributed by atoms with E-state index in [4.69, 9.17) is 5.11 Å². The average Bonchev–Trinajstić information content (AvgIpc) is 1.69. The van der Waals surface area contributed by atoms with Gasteiger partial charge in [-0.25, -0.2) is 0 Å². The highest BCUT2D eigenvalue weighted by Gasteiger charge is 1.58. The molecule has 0 spiro atoms. The van der Waals surface area contributed by atoms with E-state index in [0.717, 1.165) is 12.7 Å². The molecule has 7 heavy (non-hydrogen) atoms. The molecule has 1 heteroatoms. The first kappa shape index (κ1) is 6.28. The van der Waals surface area contributed by atoms with Gasteiger partial charge in [0.1, 0.15) is 0 Å². The lowest BCUT2D eigenvalue weighted by Gasteiger charge is -1.70. The van der Waals surface area contributed by atoms with Gasteiger partial charge in [0.15, 0.2) is 0 Å². The van der Waals surface area contributed by atoms with E-state index in [0.29, 0.717) is 0 Å². The summed E-state index contributed by atoms with van der Waals surface area (Å²) in [5, 5.41) is 8.06. The Kier molecular flexibility index (Phi) is 4.74. The predicted molar refractivity (Wildman–Crippen MR) is 31.2 cm³/mol. The second kappa shape index (κ2) is 5.28. The summed E-state index contributed by atoms with van der Waals surface area (Å²) < 4.78 is 0. The Morgan fingerprint density at radius 1 is 1.43 bits per heavy atom. The fraction of sp³-hybridized carbons (Fsp3) is 0.333. The van der Waals surface area contributed by atoms with E-state index in [1.54, 1.807) is 12.2 Å². The lowest BCUT2D eigenvalue weighted by atomic mass is 10.4. The first-order valence-corrected chi connectivity index (χ1v) is 2.37.